The molecule has 0 amide bonds. The van der Waals surface area contributed by atoms with Crippen molar-refractivity contribution in [1.82, 2.24) is 4.57 Å². The van der Waals surface area contributed by atoms with E-state index < -0.39 is 0 Å². The lowest BCUT2D eigenvalue weighted by Crippen LogP contribution is -2.09. The summed E-state index contributed by atoms with van der Waals surface area (Å²) in [6, 6.07) is 96.1. The van der Waals surface area contributed by atoms with Crippen molar-refractivity contribution >= 4 is 60.8 Å². The number of fused-ring (bicyclic) bond motifs is 6. The van der Waals surface area contributed by atoms with Crippen LogP contribution in [0.5, 0.6) is 0 Å². The van der Waals surface area contributed by atoms with E-state index >= 15 is 0 Å². The van der Waals surface area contributed by atoms with Gasteiger partial charge in [0.05, 0.1) is 11.0 Å². The van der Waals surface area contributed by atoms with Gasteiger partial charge in [-0.1, -0.05) is 188 Å². The van der Waals surface area contributed by atoms with Crippen molar-refractivity contribution in [3.05, 3.63) is 267 Å². The molecule has 3 nitrogen and oxygen atoms in total. The lowest BCUT2D eigenvalue weighted by atomic mass is 9.99. The van der Waals surface area contributed by atoms with Crippen LogP contribution in [-0.2, 0) is 0 Å². The molecule has 2 heterocycles. The van der Waals surface area contributed by atoms with E-state index in [1.807, 2.05) is 12.1 Å². The highest BCUT2D eigenvalue weighted by Gasteiger charge is 2.16. The van der Waals surface area contributed by atoms with E-state index in [1.165, 1.54) is 49.6 Å². The highest BCUT2D eigenvalue weighted by atomic mass is 16.3. The van der Waals surface area contributed by atoms with Crippen LogP contribution in [0.2, 0.25) is 0 Å². The summed E-state index contributed by atoms with van der Waals surface area (Å²) in [5, 5.41) is 4.81. The Morgan fingerprint density at radius 1 is 0.246 bits per heavy atom. The Morgan fingerprint density at radius 2 is 0.609 bits per heavy atom. The largest absolute Gasteiger partial charge is 0.456 e. The van der Waals surface area contributed by atoms with Gasteiger partial charge in [0.2, 0.25) is 0 Å². The van der Waals surface area contributed by atoms with Crippen molar-refractivity contribution in [2.75, 3.05) is 4.90 Å². The molecule has 0 saturated heterocycles. The van der Waals surface area contributed by atoms with Gasteiger partial charge < -0.3 is 13.9 Å². The number of aromatic nitrogens is 1. The molecule has 69 heavy (non-hydrogen) atoms. The smallest absolute Gasteiger partial charge is 0.136 e. The van der Waals surface area contributed by atoms with Crippen LogP contribution in [0.4, 0.5) is 17.1 Å². The zero-order valence-corrected chi connectivity index (χ0v) is 37.7. The van der Waals surface area contributed by atoms with Gasteiger partial charge in [0.1, 0.15) is 11.2 Å². The van der Waals surface area contributed by atoms with Crippen LogP contribution < -0.4 is 4.90 Å². The fourth-order valence-corrected chi connectivity index (χ4v) is 10.1. The second-order valence-corrected chi connectivity index (χ2v) is 17.7. The molecule has 324 valence electrons. The summed E-state index contributed by atoms with van der Waals surface area (Å²) >= 11 is 0. The molecule has 0 N–H and O–H groups in total. The van der Waals surface area contributed by atoms with Crippen molar-refractivity contribution in [3.8, 4) is 61.3 Å². The number of benzene rings is 11. The number of rotatable bonds is 9. The molecule has 0 spiro atoms. The van der Waals surface area contributed by atoms with E-state index in [9.17, 15) is 0 Å². The average molecular weight is 881 g/mol. The van der Waals surface area contributed by atoms with Gasteiger partial charge in [-0.25, -0.2) is 0 Å². The average Bonchev–Trinajstić information content (AvgIpc) is 3.98. The maximum absolute atomic E-state index is 6.21. The molecule has 0 saturated carbocycles. The second kappa shape index (κ2) is 16.9. The van der Waals surface area contributed by atoms with Crippen molar-refractivity contribution in [1.29, 1.82) is 0 Å². The Bertz CT molecular complexity index is 3910. The first-order chi connectivity index (χ1) is 34.2. The van der Waals surface area contributed by atoms with E-state index in [-0.39, 0.29) is 0 Å². The predicted molar refractivity (Wildman–Crippen MR) is 290 cm³/mol. The van der Waals surface area contributed by atoms with Gasteiger partial charge in [0.25, 0.3) is 0 Å². The SMILES string of the molecule is c1ccc(-c2ccc(-c3ccc(N(c4ccc(-c5ccc(-c6ccc7c(c6)oc6ccccc67)cc5)cc4)c4ccc(-c5cccc(-n6c7ccccc7c7ccccc76)c5)cc4)cc3)cc2)cc1. The van der Waals surface area contributed by atoms with Gasteiger partial charge in [-0.2, -0.15) is 0 Å². The van der Waals surface area contributed by atoms with Crippen LogP contribution in [0.15, 0.2) is 271 Å². The van der Waals surface area contributed by atoms with Gasteiger partial charge in [0, 0.05) is 44.3 Å². The van der Waals surface area contributed by atoms with Crippen molar-refractivity contribution in [2.45, 2.75) is 0 Å². The molecule has 0 aliphatic carbocycles. The number of para-hydroxylation sites is 3. The molecule has 13 rings (SSSR count). The van der Waals surface area contributed by atoms with Gasteiger partial charge in [-0.3, -0.25) is 0 Å². The topological polar surface area (TPSA) is 21.3 Å². The minimum absolute atomic E-state index is 0.907. The highest BCUT2D eigenvalue weighted by molar-refractivity contribution is 6.09. The van der Waals surface area contributed by atoms with Crippen molar-refractivity contribution in [2.24, 2.45) is 0 Å². The molecule has 11 aromatic carbocycles. The van der Waals surface area contributed by atoms with E-state index in [0.29, 0.717) is 0 Å². The first-order valence-electron chi connectivity index (χ1n) is 23.6. The van der Waals surface area contributed by atoms with Gasteiger partial charge in [-0.05, 0) is 134 Å². The number of hydrogen-bond donors (Lipinski definition) is 0. The molecule has 0 unspecified atom stereocenters. The van der Waals surface area contributed by atoms with Crippen LogP contribution in [0, 0.1) is 0 Å². The summed E-state index contributed by atoms with van der Waals surface area (Å²) in [6.45, 7) is 0. The fourth-order valence-electron chi connectivity index (χ4n) is 10.1. The Kier molecular flexibility index (Phi) is 9.84. The molecule has 3 heteroatoms. The third-order valence-electron chi connectivity index (χ3n) is 13.6. The Labute approximate surface area is 401 Å². The monoisotopic (exact) mass is 880 g/mol. The zero-order valence-electron chi connectivity index (χ0n) is 37.7. The summed E-state index contributed by atoms with van der Waals surface area (Å²) in [7, 11) is 0. The Hall–Kier alpha value is -9.18. The second-order valence-electron chi connectivity index (χ2n) is 17.7. The Balaban J connectivity index is 0.821. The minimum Gasteiger partial charge on any atom is -0.456 e. The van der Waals surface area contributed by atoms with Gasteiger partial charge >= 0.3 is 0 Å². The van der Waals surface area contributed by atoms with Crippen LogP contribution in [0.3, 0.4) is 0 Å². The lowest BCUT2D eigenvalue weighted by Gasteiger charge is -2.26. The zero-order chi connectivity index (χ0) is 45.7. The predicted octanol–water partition coefficient (Wildman–Crippen LogP) is 18.5. The standard InChI is InChI=1S/C66H44N2O/c1-2-11-45(12-3-1)46-21-23-47(24-22-46)49-29-36-55(37-30-49)67(56-38-31-50(32-39-56)48-25-27-51(28-26-48)54-35-42-62-61-17-6-9-20-65(61)69-66(62)44-54)57-40-33-52(34-41-57)53-13-10-14-58(43-53)68-63-18-7-4-15-59(63)60-16-5-8-19-64(60)68/h1-44H. The molecule has 0 bridgehead atoms. The summed E-state index contributed by atoms with van der Waals surface area (Å²) in [4.78, 5) is 2.35. The van der Waals surface area contributed by atoms with E-state index in [4.69, 9.17) is 4.42 Å². The van der Waals surface area contributed by atoms with Gasteiger partial charge in [-0.15, -0.1) is 0 Å². The minimum atomic E-state index is 0.907. The first-order valence-corrected chi connectivity index (χ1v) is 23.6. The van der Waals surface area contributed by atoms with E-state index in [0.717, 1.165) is 72.5 Å². The van der Waals surface area contributed by atoms with E-state index in [1.54, 1.807) is 0 Å². The van der Waals surface area contributed by atoms with Crippen LogP contribution in [0.25, 0.3) is 105 Å². The number of hydrogen-bond acceptors (Lipinski definition) is 2. The fraction of sp³-hybridized carbons (Fsp3) is 0. The third kappa shape index (κ3) is 7.34. The van der Waals surface area contributed by atoms with E-state index in [2.05, 4.69) is 264 Å². The molecular formula is C66H44N2O. The summed E-state index contributed by atoms with van der Waals surface area (Å²) in [6.07, 6.45) is 0. The molecule has 2 aromatic heterocycles. The van der Waals surface area contributed by atoms with Crippen molar-refractivity contribution in [3.63, 3.8) is 0 Å². The van der Waals surface area contributed by atoms with Crippen LogP contribution in [-0.4, -0.2) is 4.57 Å². The molecular weight excluding hydrogens is 837 g/mol. The summed E-state index contributed by atoms with van der Waals surface area (Å²) in [5.74, 6) is 0. The summed E-state index contributed by atoms with van der Waals surface area (Å²) < 4.78 is 8.59. The third-order valence-corrected chi connectivity index (χ3v) is 13.6. The van der Waals surface area contributed by atoms with Crippen molar-refractivity contribution < 1.29 is 4.42 Å². The molecule has 0 atom stereocenters. The number of anilines is 3. The quantitative estimate of drug-likeness (QED) is 0.144. The maximum atomic E-state index is 6.21. The maximum Gasteiger partial charge on any atom is 0.136 e. The normalized spacial score (nSPS) is 11.5. The molecule has 0 fully saturated rings. The van der Waals surface area contributed by atoms with Crippen LogP contribution in [0.1, 0.15) is 0 Å². The van der Waals surface area contributed by atoms with Gasteiger partial charge in [0.15, 0.2) is 0 Å². The van der Waals surface area contributed by atoms with Crippen LogP contribution >= 0.6 is 0 Å². The Morgan fingerprint density at radius 3 is 1.13 bits per heavy atom. The first kappa shape index (κ1) is 40.1. The molecule has 0 aliphatic rings. The molecule has 0 radical (unpaired) electrons. The summed E-state index contributed by atoms with van der Waals surface area (Å²) in [5.41, 5.74) is 20.3. The molecule has 13 aromatic rings. The highest BCUT2D eigenvalue weighted by Crippen LogP contribution is 2.40. The number of furan rings is 1. The lowest BCUT2D eigenvalue weighted by molar-refractivity contribution is 0.669. The number of nitrogens with zero attached hydrogens (tertiary/aromatic N) is 2. The molecule has 0 aliphatic heterocycles.